The fraction of sp³-hybridized carbons (Fsp3) is 0.0714. The van der Waals surface area contributed by atoms with Gasteiger partial charge >= 0.3 is 0 Å². The topological polar surface area (TPSA) is 41.1 Å². The van der Waals surface area contributed by atoms with E-state index in [0.29, 0.717) is 10.7 Å². The fourth-order valence-electron chi connectivity index (χ4n) is 1.99. The summed E-state index contributed by atoms with van der Waals surface area (Å²) in [6.45, 7) is 1.48. The van der Waals surface area contributed by atoms with Gasteiger partial charge in [-0.1, -0.05) is 35.5 Å². The normalized spacial score (nSPS) is 12.1. The van der Waals surface area contributed by atoms with Gasteiger partial charge in [-0.3, -0.25) is 4.79 Å². The van der Waals surface area contributed by atoms with E-state index in [1.807, 2.05) is 24.3 Å². The maximum Gasteiger partial charge on any atom is 0.221 e. The van der Waals surface area contributed by atoms with Crippen LogP contribution in [-0.4, -0.2) is 5.91 Å². The first-order valence-corrected chi connectivity index (χ1v) is 6.98. The number of para-hydroxylation sites is 1. The smallest absolute Gasteiger partial charge is 0.221 e. The highest BCUT2D eigenvalue weighted by atomic mass is 35.5. The number of hydrogen-bond acceptors (Lipinski definition) is 3. The number of benzene rings is 2. The third-order valence-corrected chi connectivity index (χ3v) is 4.08. The summed E-state index contributed by atoms with van der Waals surface area (Å²) in [4.78, 5) is 13.4. The lowest BCUT2D eigenvalue weighted by Crippen LogP contribution is -2.10. The summed E-state index contributed by atoms with van der Waals surface area (Å²) in [5.74, 6) is -0.116. The molecule has 1 aliphatic heterocycles. The summed E-state index contributed by atoms with van der Waals surface area (Å²) in [6, 6.07) is 11.7. The Morgan fingerprint density at radius 3 is 2.84 bits per heavy atom. The second-order valence-corrected chi connectivity index (χ2v) is 5.75. The zero-order valence-electron chi connectivity index (χ0n) is 10.2. The van der Waals surface area contributed by atoms with Crippen LogP contribution in [0.5, 0.6) is 0 Å². The molecule has 19 heavy (non-hydrogen) atoms. The van der Waals surface area contributed by atoms with E-state index < -0.39 is 0 Å². The van der Waals surface area contributed by atoms with Crippen molar-refractivity contribution in [2.45, 2.75) is 16.7 Å². The number of carbonyl (C=O) groups excluding carboxylic acids is 1. The molecule has 96 valence electrons. The van der Waals surface area contributed by atoms with Crippen LogP contribution in [-0.2, 0) is 4.79 Å². The van der Waals surface area contributed by atoms with E-state index in [1.165, 1.54) is 6.92 Å². The van der Waals surface area contributed by atoms with Crippen LogP contribution < -0.4 is 10.6 Å². The van der Waals surface area contributed by atoms with Crippen molar-refractivity contribution in [2.24, 2.45) is 0 Å². The maximum absolute atomic E-state index is 11.3. The standard InChI is InChI=1S/C14H11ClN2OS/c1-8(18)16-11-6-9(15)7-13-14(11)17-10-4-2-3-5-12(10)19-13/h2-7,17H,1H3,(H,16,18). The molecule has 0 atom stereocenters. The molecule has 0 spiro atoms. The molecule has 3 rings (SSSR count). The quantitative estimate of drug-likeness (QED) is 0.693. The SMILES string of the molecule is CC(=O)Nc1cc(Cl)cc2c1Nc1ccccc1S2. The monoisotopic (exact) mass is 290 g/mol. The van der Waals surface area contributed by atoms with Crippen LogP contribution in [0, 0.1) is 0 Å². The molecular weight excluding hydrogens is 280 g/mol. The van der Waals surface area contributed by atoms with E-state index in [9.17, 15) is 4.79 Å². The van der Waals surface area contributed by atoms with Crippen molar-refractivity contribution in [3.05, 3.63) is 41.4 Å². The van der Waals surface area contributed by atoms with Gasteiger partial charge in [-0.05, 0) is 24.3 Å². The molecule has 0 radical (unpaired) electrons. The van der Waals surface area contributed by atoms with Crippen molar-refractivity contribution < 1.29 is 4.79 Å². The molecule has 1 heterocycles. The van der Waals surface area contributed by atoms with Gasteiger partial charge in [0.2, 0.25) is 5.91 Å². The van der Waals surface area contributed by atoms with Gasteiger partial charge in [-0.25, -0.2) is 0 Å². The number of nitrogens with one attached hydrogen (secondary N) is 2. The fourth-order valence-corrected chi connectivity index (χ4v) is 3.34. The minimum Gasteiger partial charge on any atom is -0.352 e. The average molecular weight is 291 g/mol. The largest absolute Gasteiger partial charge is 0.352 e. The molecule has 0 saturated carbocycles. The predicted octanol–water partition coefficient (Wildman–Crippen LogP) is 4.51. The van der Waals surface area contributed by atoms with Gasteiger partial charge in [0.15, 0.2) is 0 Å². The van der Waals surface area contributed by atoms with Crippen molar-refractivity contribution in [1.82, 2.24) is 0 Å². The lowest BCUT2D eigenvalue weighted by molar-refractivity contribution is -0.114. The molecule has 3 nitrogen and oxygen atoms in total. The minimum absolute atomic E-state index is 0.116. The lowest BCUT2D eigenvalue weighted by atomic mass is 10.2. The van der Waals surface area contributed by atoms with E-state index in [2.05, 4.69) is 16.7 Å². The van der Waals surface area contributed by atoms with Crippen molar-refractivity contribution in [1.29, 1.82) is 0 Å². The number of anilines is 3. The van der Waals surface area contributed by atoms with Crippen LogP contribution in [0.2, 0.25) is 5.02 Å². The number of hydrogen-bond donors (Lipinski definition) is 2. The van der Waals surface area contributed by atoms with E-state index in [-0.39, 0.29) is 5.91 Å². The molecule has 1 aliphatic rings. The number of fused-ring (bicyclic) bond motifs is 2. The third kappa shape index (κ3) is 2.41. The van der Waals surface area contributed by atoms with Crippen LogP contribution >= 0.6 is 23.4 Å². The Balaban J connectivity index is 2.09. The molecule has 0 aliphatic carbocycles. The van der Waals surface area contributed by atoms with Gasteiger partial charge in [0.05, 0.1) is 17.1 Å². The van der Waals surface area contributed by atoms with Crippen molar-refractivity contribution >= 4 is 46.3 Å². The Morgan fingerprint density at radius 1 is 1.26 bits per heavy atom. The number of carbonyl (C=O) groups is 1. The van der Waals surface area contributed by atoms with Crippen molar-refractivity contribution in [2.75, 3.05) is 10.6 Å². The van der Waals surface area contributed by atoms with E-state index >= 15 is 0 Å². The predicted molar refractivity (Wildman–Crippen MR) is 79.6 cm³/mol. The molecule has 0 unspecified atom stereocenters. The summed E-state index contributed by atoms with van der Waals surface area (Å²) in [5, 5.41) is 6.76. The number of halogens is 1. The molecule has 0 aromatic heterocycles. The Morgan fingerprint density at radius 2 is 2.05 bits per heavy atom. The van der Waals surface area contributed by atoms with Crippen LogP contribution in [0.25, 0.3) is 0 Å². The Hall–Kier alpha value is -1.65. The van der Waals surface area contributed by atoms with Crippen LogP contribution in [0.15, 0.2) is 46.2 Å². The van der Waals surface area contributed by atoms with Crippen LogP contribution in [0.1, 0.15) is 6.92 Å². The highest BCUT2D eigenvalue weighted by molar-refractivity contribution is 7.99. The van der Waals surface area contributed by atoms with Gasteiger partial charge in [-0.15, -0.1) is 0 Å². The summed E-state index contributed by atoms with van der Waals surface area (Å²) in [5.41, 5.74) is 2.63. The zero-order valence-corrected chi connectivity index (χ0v) is 11.7. The summed E-state index contributed by atoms with van der Waals surface area (Å²) >= 11 is 7.74. The molecule has 0 bridgehead atoms. The van der Waals surface area contributed by atoms with E-state index in [4.69, 9.17) is 11.6 Å². The first-order chi connectivity index (χ1) is 9.13. The highest BCUT2D eigenvalue weighted by Gasteiger charge is 2.19. The average Bonchev–Trinajstić information content (AvgIpc) is 2.36. The van der Waals surface area contributed by atoms with Crippen molar-refractivity contribution in [3.63, 3.8) is 0 Å². The van der Waals surface area contributed by atoms with Gasteiger partial charge in [0.25, 0.3) is 0 Å². The molecule has 2 aromatic carbocycles. The van der Waals surface area contributed by atoms with Gasteiger partial charge in [0.1, 0.15) is 0 Å². The first-order valence-electron chi connectivity index (χ1n) is 5.78. The second kappa shape index (κ2) is 4.79. The van der Waals surface area contributed by atoms with Gasteiger partial charge in [0, 0.05) is 21.7 Å². The van der Waals surface area contributed by atoms with Crippen LogP contribution in [0.3, 0.4) is 0 Å². The second-order valence-electron chi connectivity index (χ2n) is 4.23. The van der Waals surface area contributed by atoms with E-state index in [0.717, 1.165) is 21.2 Å². The first kappa shape index (κ1) is 12.4. The molecular formula is C14H11ClN2OS. The lowest BCUT2D eigenvalue weighted by Gasteiger charge is -2.23. The molecule has 0 fully saturated rings. The maximum atomic E-state index is 11.3. The van der Waals surface area contributed by atoms with Gasteiger partial charge in [-0.2, -0.15) is 0 Å². The summed E-state index contributed by atoms with van der Waals surface area (Å²) in [7, 11) is 0. The van der Waals surface area contributed by atoms with Crippen LogP contribution in [0.4, 0.5) is 17.1 Å². The number of rotatable bonds is 1. The Labute approximate surface area is 120 Å². The molecule has 2 N–H and O–H groups in total. The molecule has 1 amide bonds. The number of amides is 1. The van der Waals surface area contributed by atoms with E-state index in [1.54, 1.807) is 17.8 Å². The molecule has 0 saturated heterocycles. The minimum atomic E-state index is -0.116. The highest BCUT2D eigenvalue weighted by Crippen LogP contribution is 2.48. The molecule has 5 heteroatoms. The zero-order chi connectivity index (χ0) is 13.4. The third-order valence-electron chi connectivity index (χ3n) is 2.74. The summed E-state index contributed by atoms with van der Waals surface area (Å²) < 4.78 is 0. The van der Waals surface area contributed by atoms with Crippen molar-refractivity contribution in [3.8, 4) is 0 Å². The summed E-state index contributed by atoms with van der Waals surface area (Å²) in [6.07, 6.45) is 0. The van der Waals surface area contributed by atoms with Gasteiger partial charge < -0.3 is 10.6 Å². The Kier molecular flexibility index (Phi) is 3.12. The molecule has 2 aromatic rings. The Bertz CT molecular complexity index is 672.